The van der Waals surface area contributed by atoms with E-state index in [1.54, 1.807) is 6.07 Å². The molecule has 0 aliphatic rings. The molecule has 0 bridgehead atoms. The van der Waals surface area contributed by atoms with Crippen LogP contribution in [0.25, 0.3) is 0 Å². The largest absolute Gasteiger partial charge is 0.416 e. The number of hydrogen-bond donors (Lipinski definition) is 1. The zero-order valence-electron chi connectivity index (χ0n) is 10.8. The molecule has 0 spiro atoms. The van der Waals surface area contributed by atoms with E-state index in [4.69, 9.17) is 0 Å². The standard InChI is InChI=1S/C14H12F3NO2S/c15-14(16,17)13-9-5-4-6-11(13)10-18-21(19,20)12-7-2-1-3-8-12/h1-9,18H,10H2. The number of hydrogen-bond acceptors (Lipinski definition) is 2. The Labute approximate surface area is 120 Å². The van der Waals surface area contributed by atoms with E-state index >= 15 is 0 Å². The molecule has 0 atom stereocenters. The molecule has 2 rings (SSSR count). The molecule has 0 aliphatic carbocycles. The van der Waals surface area contributed by atoms with Gasteiger partial charge in [0.05, 0.1) is 10.5 Å². The molecule has 2 aromatic rings. The minimum atomic E-state index is -4.52. The van der Waals surface area contributed by atoms with Gasteiger partial charge < -0.3 is 0 Å². The van der Waals surface area contributed by atoms with Crippen LogP contribution in [0.15, 0.2) is 59.5 Å². The Morgan fingerprint density at radius 2 is 1.48 bits per heavy atom. The third-order valence-electron chi connectivity index (χ3n) is 2.83. The summed E-state index contributed by atoms with van der Waals surface area (Å²) in [4.78, 5) is 0.00879. The Bertz CT molecular complexity index is 712. The van der Waals surface area contributed by atoms with E-state index < -0.39 is 28.3 Å². The summed E-state index contributed by atoms with van der Waals surface area (Å²) in [7, 11) is -3.84. The predicted molar refractivity (Wildman–Crippen MR) is 71.9 cm³/mol. The van der Waals surface area contributed by atoms with Crippen molar-refractivity contribution in [3.8, 4) is 0 Å². The maximum atomic E-state index is 12.8. The second-order valence-corrected chi connectivity index (χ2v) is 6.06. The molecule has 0 saturated carbocycles. The van der Waals surface area contributed by atoms with Crippen molar-refractivity contribution >= 4 is 10.0 Å². The van der Waals surface area contributed by atoms with Crippen molar-refractivity contribution in [1.82, 2.24) is 4.72 Å². The molecule has 0 fully saturated rings. The highest BCUT2D eigenvalue weighted by molar-refractivity contribution is 7.89. The van der Waals surface area contributed by atoms with Gasteiger partial charge in [-0.2, -0.15) is 13.2 Å². The first kappa shape index (κ1) is 15.5. The van der Waals surface area contributed by atoms with E-state index in [-0.39, 0.29) is 10.5 Å². The Hall–Kier alpha value is -1.86. The maximum Gasteiger partial charge on any atom is 0.416 e. The van der Waals surface area contributed by atoms with Crippen LogP contribution in [-0.2, 0) is 22.7 Å². The average molecular weight is 315 g/mol. The fraction of sp³-hybridized carbons (Fsp3) is 0.143. The zero-order chi connectivity index (χ0) is 15.5. The molecule has 1 N–H and O–H groups in total. The topological polar surface area (TPSA) is 46.2 Å². The molecule has 0 unspecified atom stereocenters. The van der Waals surface area contributed by atoms with Crippen LogP contribution >= 0.6 is 0 Å². The smallest absolute Gasteiger partial charge is 0.207 e. The van der Waals surface area contributed by atoms with Gasteiger partial charge in [0, 0.05) is 6.54 Å². The van der Waals surface area contributed by atoms with E-state index in [1.807, 2.05) is 0 Å². The number of benzene rings is 2. The molecule has 21 heavy (non-hydrogen) atoms. The van der Waals surface area contributed by atoms with Crippen molar-refractivity contribution in [2.45, 2.75) is 17.6 Å². The van der Waals surface area contributed by atoms with Crippen molar-refractivity contribution in [3.63, 3.8) is 0 Å². The van der Waals surface area contributed by atoms with Gasteiger partial charge in [0.15, 0.2) is 0 Å². The SMILES string of the molecule is O=S(=O)(NCc1ccccc1C(F)(F)F)c1ccccc1. The third kappa shape index (κ3) is 3.83. The fourth-order valence-electron chi connectivity index (χ4n) is 1.81. The first-order chi connectivity index (χ1) is 9.81. The van der Waals surface area contributed by atoms with Crippen molar-refractivity contribution in [1.29, 1.82) is 0 Å². The van der Waals surface area contributed by atoms with Crippen LogP contribution in [0.5, 0.6) is 0 Å². The summed E-state index contributed by atoms with van der Waals surface area (Å²) in [6.45, 7) is -0.424. The molecular formula is C14H12F3NO2S. The monoisotopic (exact) mass is 315 g/mol. The summed E-state index contributed by atoms with van der Waals surface area (Å²) in [5.41, 5.74) is -0.967. The highest BCUT2D eigenvalue weighted by Gasteiger charge is 2.33. The molecule has 2 aromatic carbocycles. The summed E-state index contributed by atoms with van der Waals surface area (Å²) in [6.07, 6.45) is -4.52. The fourth-order valence-corrected chi connectivity index (χ4v) is 2.83. The lowest BCUT2D eigenvalue weighted by molar-refractivity contribution is -0.138. The van der Waals surface area contributed by atoms with E-state index in [0.717, 1.165) is 6.07 Å². The van der Waals surface area contributed by atoms with E-state index in [1.165, 1.54) is 42.5 Å². The molecule has 112 valence electrons. The summed E-state index contributed by atoms with van der Waals surface area (Å²) in [5.74, 6) is 0. The summed E-state index contributed by atoms with van der Waals surface area (Å²) >= 11 is 0. The molecular weight excluding hydrogens is 303 g/mol. The first-order valence-corrected chi connectivity index (χ1v) is 7.49. The summed E-state index contributed by atoms with van der Waals surface area (Å²) in [5, 5.41) is 0. The number of sulfonamides is 1. The van der Waals surface area contributed by atoms with Gasteiger partial charge in [-0.3, -0.25) is 0 Å². The normalized spacial score (nSPS) is 12.3. The highest BCUT2D eigenvalue weighted by Crippen LogP contribution is 2.31. The Kier molecular flexibility index (Phi) is 4.34. The lowest BCUT2D eigenvalue weighted by Crippen LogP contribution is -2.24. The second-order valence-electron chi connectivity index (χ2n) is 4.29. The van der Waals surface area contributed by atoms with Gasteiger partial charge in [-0.1, -0.05) is 36.4 Å². The highest BCUT2D eigenvalue weighted by atomic mass is 32.2. The van der Waals surface area contributed by atoms with Gasteiger partial charge in [0.1, 0.15) is 0 Å². The molecule has 0 aliphatic heterocycles. The van der Waals surface area contributed by atoms with Crippen LogP contribution in [0.1, 0.15) is 11.1 Å². The molecule has 3 nitrogen and oxygen atoms in total. The van der Waals surface area contributed by atoms with E-state index in [9.17, 15) is 21.6 Å². The Morgan fingerprint density at radius 1 is 0.905 bits per heavy atom. The molecule has 0 aromatic heterocycles. The minimum Gasteiger partial charge on any atom is -0.207 e. The van der Waals surface area contributed by atoms with Gasteiger partial charge in [-0.25, -0.2) is 13.1 Å². The molecule has 0 heterocycles. The molecule has 0 saturated heterocycles. The van der Waals surface area contributed by atoms with Crippen molar-refractivity contribution in [2.24, 2.45) is 0 Å². The van der Waals surface area contributed by atoms with Crippen LogP contribution in [0.3, 0.4) is 0 Å². The quantitative estimate of drug-likeness (QED) is 0.942. The van der Waals surface area contributed by atoms with Crippen LogP contribution in [0, 0.1) is 0 Å². The predicted octanol–water partition coefficient (Wildman–Crippen LogP) is 3.18. The minimum absolute atomic E-state index is 0.00879. The van der Waals surface area contributed by atoms with Gasteiger partial charge in [-0.05, 0) is 23.8 Å². The summed E-state index contributed by atoms with van der Waals surface area (Å²) < 4.78 is 64.6. The lowest BCUT2D eigenvalue weighted by Gasteiger charge is -2.13. The first-order valence-electron chi connectivity index (χ1n) is 6.00. The Balaban J connectivity index is 2.22. The number of rotatable bonds is 4. The van der Waals surface area contributed by atoms with Crippen molar-refractivity contribution in [3.05, 3.63) is 65.7 Å². The number of halogens is 3. The van der Waals surface area contributed by atoms with Gasteiger partial charge in [-0.15, -0.1) is 0 Å². The second kappa shape index (κ2) is 5.87. The van der Waals surface area contributed by atoms with E-state index in [0.29, 0.717) is 0 Å². The summed E-state index contributed by atoms with van der Waals surface area (Å²) in [6, 6.07) is 12.3. The van der Waals surface area contributed by atoms with Gasteiger partial charge in [0.2, 0.25) is 10.0 Å². The molecule has 0 amide bonds. The van der Waals surface area contributed by atoms with Crippen LogP contribution in [-0.4, -0.2) is 8.42 Å². The van der Waals surface area contributed by atoms with E-state index in [2.05, 4.69) is 4.72 Å². The van der Waals surface area contributed by atoms with Crippen LogP contribution in [0.4, 0.5) is 13.2 Å². The van der Waals surface area contributed by atoms with Crippen LogP contribution < -0.4 is 4.72 Å². The third-order valence-corrected chi connectivity index (χ3v) is 4.25. The van der Waals surface area contributed by atoms with Crippen molar-refractivity contribution in [2.75, 3.05) is 0 Å². The average Bonchev–Trinajstić information content (AvgIpc) is 2.45. The molecule has 0 radical (unpaired) electrons. The number of alkyl halides is 3. The van der Waals surface area contributed by atoms with Gasteiger partial charge in [0.25, 0.3) is 0 Å². The van der Waals surface area contributed by atoms with Gasteiger partial charge >= 0.3 is 6.18 Å². The van der Waals surface area contributed by atoms with Crippen LogP contribution in [0.2, 0.25) is 0 Å². The number of nitrogens with one attached hydrogen (secondary N) is 1. The van der Waals surface area contributed by atoms with Crippen molar-refractivity contribution < 1.29 is 21.6 Å². The zero-order valence-corrected chi connectivity index (χ0v) is 11.6. The Morgan fingerprint density at radius 3 is 2.10 bits per heavy atom. The lowest BCUT2D eigenvalue weighted by atomic mass is 10.1. The molecule has 7 heteroatoms. The maximum absolute atomic E-state index is 12.8.